The van der Waals surface area contributed by atoms with Crippen LogP contribution in [0.15, 0.2) is 18.2 Å². The highest BCUT2D eigenvalue weighted by Crippen LogP contribution is 2.19. The molecule has 2 amide bonds. The molecule has 1 aliphatic rings. The molecule has 1 aromatic carbocycles. The van der Waals surface area contributed by atoms with Crippen molar-refractivity contribution in [2.24, 2.45) is 5.92 Å². The summed E-state index contributed by atoms with van der Waals surface area (Å²) in [6.07, 6.45) is -0.110. The number of nitrogens with one attached hydrogen (secondary N) is 1. The van der Waals surface area contributed by atoms with Crippen molar-refractivity contribution in [3.8, 4) is 0 Å². The summed E-state index contributed by atoms with van der Waals surface area (Å²) in [4.78, 5) is 35.4. The first-order valence-corrected chi connectivity index (χ1v) is 6.43. The number of amides is 2. The van der Waals surface area contributed by atoms with Crippen LogP contribution in [-0.2, 0) is 14.4 Å². The highest BCUT2D eigenvalue weighted by Gasteiger charge is 2.35. The number of likely N-dealkylation sites (tertiary alicyclic amines) is 1. The summed E-state index contributed by atoms with van der Waals surface area (Å²) in [5, 5.41) is 11.2. The summed E-state index contributed by atoms with van der Waals surface area (Å²) >= 11 is 0. The Kier molecular flexibility index (Phi) is 4.21. The van der Waals surface area contributed by atoms with Crippen LogP contribution in [0.2, 0.25) is 0 Å². The van der Waals surface area contributed by atoms with Gasteiger partial charge in [-0.05, 0) is 24.6 Å². The molecule has 112 valence electrons. The van der Waals surface area contributed by atoms with Gasteiger partial charge in [-0.3, -0.25) is 14.4 Å². The van der Waals surface area contributed by atoms with E-state index in [4.69, 9.17) is 5.11 Å². The second-order valence-corrected chi connectivity index (χ2v) is 5.05. The first-order chi connectivity index (χ1) is 9.86. The van der Waals surface area contributed by atoms with E-state index in [2.05, 4.69) is 5.32 Å². The molecular weight excluding hydrogens is 279 g/mol. The monoisotopic (exact) mass is 294 g/mol. The first-order valence-electron chi connectivity index (χ1n) is 6.43. The number of aliphatic carboxylic acids is 1. The molecule has 1 aromatic rings. The van der Waals surface area contributed by atoms with Gasteiger partial charge in [-0.25, -0.2) is 4.39 Å². The van der Waals surface area contributed by atoms with Gasteiger partial charge < -0.3 is 15.3 Å². The van der Waals surface area contributed by atoms with Gasteiger partial charge in [0.05, 0.1) is 18.2 Å². The summed E-state index contributed by atoms with van der Waals surface area (Å²) < 4.78 is 13.6. The van der Waals surface area contributed by atoms with Gasteiger partial charge in [0.1, 0.15) is 5.82 Å². The van der Waals surface area contributed by atoms with E-state index in [0.29, 0.717) is 0 Å². The van der Waals surface area contributed by atoms with Gasteiger partial charge in [-0.15, -0.1) is 0 Å². The molecule has 6 nitrogen and oxygen atoms in total. The third kappa shape index (κ3) is 3.56. The number of carboxylic acid groups (broad SMARTS) is 1. The lowest BCUT2D eigenvalue weighted by Crippen LogP contribution is -2.35. The molecule has 1 atom stereocenters. The molecule has 2 N–H and O–H groups in total. The summed E-state index contributed by atoms with van der Waals surface area (Å²) in [6, 6.07) is 4.38. The minimum Gasteiger partial charge on any atom is -0.481 e. The molecular formula is C14H15FN2O4. The van der Waals surface area contributed by atoms with E-state index >= 15 is 0 Å². The fourth-order valence-electron chi connectivity index (χ4n) is 2.18. The lowest BCUT2D eigenvalue weighted by Gasteiger charge is -2.15. The van der Waals surface area contributed by atoms with Gasteiger partial charge in [0.2, 0.25) is 11.8 Å². The SMILES string of the molecule is Cc1ccc(NC(=O)CN2CC(C(=O)O)CC2=O)c(F)c1. The van der Waals surface area contributed by atoms with Crippen molar-refractivity contribution in [3.63, 3.8) is 0 Å². The smallest absolute Gasteiger partial charge is 0.308 e. The molecule has 0 saturated carbocycles. The van der Waals surface area contributed by atoms with E-state index < -0.39 is 23.6 Å². The molecule has 21 heavy (non-hydrogen) atoms. The lowest BCUT2D eigenvalue weighted by atomic mass is 10.1. The number of rotatable bonds is 4. The molecule has 1 aliphatic heterocycles. The maximum Gasteiger partial charge on any atom is 0.308 e. The lowest BCUT2D eigenvalue weighted by molar-refractivity contribution is -0.141. The van der Waals surface area contributed by atoms with E-state index in [1.807, 2.05) is 0 Å². The quantitative estimate of drug-likeness (QED) is 0.867. The topological polar surface area (TPSA) is 86.7 Å². The third-order valence-electron chi connectivity index (χ3n) is 3.30. The number of carboxylic acids is 1. The van der Waals surface area contributed by atoms with E-state index in [9.17, 15) is 18.8 Å². The zero-order valence-electron chi connectivity index (χ0n) is 11.4. The van der Waals surface area contributed by atoms with Gasteiger partial charge in [0, 0.05) is 13.0 Å². The Balaban J connectivity index is 1.96. The predicted octanol–water partition coefficient (Wildman–Crippen LogP) is 1.01. The average Bonchev–Trinajstić information content (AvgIpc) is 2.75. The molecule has 7 heteroatoms. The predicted molar refractivity (Wildman–Crippen MR) is 72.1 cm³/mol. The van der Waals surface area contributed by atoms with Crippen LogP contribution in [0.4, 0.5) is 10.1 Å². The van der Waals surface area contributed by atoms with Crippen molar-refractivity contribution in [1.82, 2.24) is 4.90 Å². The number of anilines is 1. The molecule has 0 spiro atoms. The molecule has 2 rings (SSSR count). The minimum atomic E-state index is -1.06. The number of carbonyl (C=O) groups is 3. The van der Waals surface area contributed by atoms with Gasteiger partial charge in [0.15, 0.2) is 0 Å². The van der Waals surface area contributed by atoms with E-state index in [1.165, 1.54) is 17.0 Å². The normalized spacial score (nSPS) is 17.9. The summed E-state index contributed by atoms with van der Waals surface area (Å²) in [5.41, 5.74) is 0.761. The Bertz CT molecular complexity index is 603. The summed E-state index contributed by atoms with van der Waals surface area (Å²) in [7, 11) is 0. The van der Waals surface area contributed by atoms with E-state index in [0.717, 1.165) is 5.56 Å². The fourth-order valence-corrected chi connectivity index (χ4v) is 2.18. The minimum absolute atomic E-state index is 0.00202. The van der Waals surface area contributed by atoms with Crippen LogP contribution < -0.4 is 5.32 Å². The zero-order chi connectivity index (χ0) is 15.6. The van der Waals surface area contributed by atoms with Gasteiger partial charge in [0.25, 0.3) is 0 Å². The molecule has 0 radical (unpaired) electrons. The highest BCUT2D eigenvalue weighted by molar-refractivity contribution is 5.96. The first kappa shape index (κ1) is 15.0. The van der Waals surface area contributed by atoms with E-state index in [1.54, 1.807) is 13.0 Å². The average molecular weight is 294 g/mol. The molecule has 1 unspecified atom stereocenters. The largest absolute Gasteiger partial charge is 0.481 e. The van der Waals surface area contributed by atoms with Crippen molar-refractivity contribution in [2.75, 3.05) is 18.4 Å². The van der Waals surface area contributed by atoms with Crippen molar-refractivity contribution in [2.45, 2.75) is 13.3 Å². The Labute approximate surface area is 120 Å². The third-order valence-corrected chi connectivity index (χ3v) is 3.30. The Morgan fingerprint density at radius 2 is 2.19 bits per heavy atom. The van der Waals surface area contributed by atoms with Crippen molar-refractivity contribution in [1.29, 1.82) is 0 Å². The number of aryl methyl sites for hydroxylation is 1. The van der Waals surface area contributed by atoms with Crippen molar-refractivity contribution < 1.29 is 23.9 Å². The molecule has 0 aromatic heterocycles. The van der Waals surface area contributed by atoms with E-state index in [-0.39, 0.29) is 31.1 Å². The molecule has 1 saturated heterocycles. The number of benzene rings is 1. The van der Waals surface area contributed by atoms with Crippen LogP contribution in [-0.4, -0.2) is 40.9 Å². The molecule has 0 aliphatic carbocycles. The maximum absolute atomic E-state index is 13.6. The van der Waals surface area contributed by atoms with Gasteiger partial charge in [-0.1, -0.05) is 6.07 Å². The standard InChI is InChI=1S/C14H15FN2O4/c1-8-2-3-11(10(15)4-8)16-12(18)7-17-6-9(14(20)21)5-13(17)19/h2-4,9H,5-7H2,1H3,(H,16,18)(H,20,21). The van der Waals surface area contributed by atoms with Crippen LogP contribution in [0.3, 0.4) is 0 Å². The van der Waals surface area contributed by atoms with Crippen LogP contribution in [0.1, 0.15) is 12.0 Å². The molecule has 0 bridgehead atoms. The Hall–Kier alpha value is -2.44. The van der Waals surface area contributed by atoms with Crippen molar-refractivity contribution >= 4 is 23.5 Å². The van der Waals surface area contributed by atoms with Crippen LogP contribution >= 0.6 is 0 Å². The highest BCUT2D eigenvalue weighted by atomic mass is 19.1. The van der Waals surface area contributed by atoms with Crippen molar-refractivity contribution in [3.05, 3.63) is 29.6 Å². The fraction of sp³-hybridized carbons (Fsp3) is 0.357. The number of hydrogen-bond donors (Lipinski definition) is 2. The summed E-state index contributed by atoms with van der Waals surface area (Å²) in [5.74, 6) is -3.35. The van der Waals surface area contributed by atoms with Gasteiger partial charge >= 0.3 is 5.97 Å². The maximum atomic E-state index is 13.6. The molecule has 1 fully saturated rings. The second kappa shape index (κ2) is 5.90. The Morgan fingerprint density at radius 1 is 1.48 bits per heavy atom. The Morgan fingerprint density at radius 3 is 2.76 bits per heavy atom. The van der Waals surface area contributed by atoms with Gasteiger partial charge in [-0.2, -0.15) is 0 Å². The number of hydrogen-bond acceptors (Lipinski definition) is 3. The van der Waals surface area contributed by atoms with Crippen LogP contribution in [0.25, 0.3) is 0 Å². The number of halogens is 1. The molecule has 1 heterocycles. The zero-order valence-corrected chi connectivity index (χ0v) is 11.4. The number of nitrogens with zero attached hydrogens (tertiary/aromatic N) is 1. The van der Waals surface area contributed by atoms with Crippen LogP contribution in [0.5, 0.6) is 0 Å². The number of carbonyl (C=O) groups excluding carboxylic acids is 2. The van der Waals surface area contributed by atoms with Crippen LogP contribution in [0, 0.1) is 18.7 Å². The summed E-state index contributed by atoms with van der Waals surface area (Å²) in [6.45, 7) is 1.44. The second-order valence-electron chi connectivity index (χ2n) is 5.05.